The van der Waals surface area contributed by atoms with E-state index in [1.165, 1.54) is 29.5 Å². The molecule has 2 aromatic rings. The number of aromatic carboxylic acids is 1. The van der Waals surface area contributed by atoms with Crippen molar-refractivity contribution >= 4 is 29.3 Å². The molecule has 0 aliphatic heterocycles. The molecule has 0 radical (unpaired) electrons. The van der Waals surface area contributed by atoms with E-state index >= 15 is 0 Å². The fraction of sp³-hybridized carbons (Fsp3) is 0.333. The third kappa shape index (κ3) is 6.16. The second-order valence-corrected chi connectivity index (χ2v) is 8.11. The maximum Gasteiger partial charge on any atom is 0.335 e. The molecule has 1 aliphatic carbocycles. The molecular formula is C24H28N4O4. The van der Waals surface area contributed by atoms with Crippen LogP contribution in [-0.2, 0) is 4.79 Å². The molecule has 32 heavy (non-hydrogen) atoms. The average molecular weight is 437 g/mol. The molecule has 0 heterocycles. The molecule has 168 valence electrons. The van der Waals surface area contributed by atoms with Gasteiger partial charge in [0.1, 0.15) is 12.4 Å². The molecule has 8 heteroatoms. The standard InChI is InChI=1S/C24H28N4O4/c25-22(26)17-9-11-20(12-10-17)27-21(29)15-28(14-16-5-2-1-3-6-16)23(30)18-7-4-8-19(13-18)24(31)32/h4,7-13,16H,1-3,5-6,14-15H2,(H3,25,26)(H,27,29)(H,31,32). The van der Waals surface area contributed by atoms with Gasteiger partial charge in [-0.2, -0.15) is 0 Å². The number of carboxylic acid groups (broad SMARTS) is 1. The highest BCUT2D eigenvalue weighted by molar-refractivity contribution is 6.01. The van der Waals surface area contributed by atoms with E-state index in [0.29, 0.717) is 23.7 Å². The number of carboxylic acids is 1. The van der Waals surface area contributed by atoms with E-state index in [2.05, 4.69) is 5.32 Å². The minimum Gasteiger partial charge on any atom is -0.478 e. The van der Waals surface area contributed by atoms with Crippen LogP contribution in [0.25, 0.3) is 0 Å². The van der Waals surface area contributed by atoms with E-state index < -0.39 is 5.97 Å². The Hall–Kier alpha value is -3.68. The van der Waals surface area contributed by atoms with E-state index in [0.717, 1.165) is 25.7 Å². The van der Waals surface area contributed by atoms with Gasteiger partial charge in [0.2, 0.25) is 5.91 Å². The van der Waals surface area contributed by atoms with E-state index in [-0.39, 0.29) is 35.3 Å². The van der Waals surface area contributed by atoms with Crippen molar-refractivity contribution in [1.29, 1.82) is 5.41 Å². The second-order valence-electron chi connectivity index (χ2n) is 8.11. The monoisotopic (exact) mass is 436 g/mol. The third-order valence-corrected chi connectivity index (χ3v) is 5.66. The van der Waals surface area contributed by atoms with Crippen molar-refractivity contribution in [2.45, 2.75) is 32.1 Å². The van der Waals surface area contributed by atoms with Crippen molar-refractivity contribution in [3.05, 3.63) is 65.2 Å². The lowest BCUT2D eigenvalue weighted by Crippen LogP contribution is -2.41. The Balaban J connectivity index is 1.74. The van der Waals surface area contributed by atoms with Gasteiger partial charge in [0.15, 0.2) is 0 Å². The van der Waals surface area contributed by atoms with Crippen LogP contribution < -0.4 is 11.1 Å². The first kappa shape index (κ1) is 23.0. The quantitative estimate of drug-likeness (QED) is 0.372. The number of nitrogen functional groups attached to an aromatic ring is 1. The number of hydrogen-bond acceptors (Lipinski definition) is 4. The van der Waals surface area contributed by atoms with Gasteiger partial charge >= 0.3 is 5.97 Å². The van der Waals surface area contributed by atoms with Crippen molar-refractivity contribution in [2.24, 2.45) is 11.7 Å². The molecule has 0 spiro atoms. The molecule has 0 atom stereocenters. The van der Waals surface area contributed by atoms with Crippen molar-refractivity contribution in [3.8, 4) is 0 Å². The maximum absolute atomic E-state index is 13.2. The predicted molar refractivity (Wildman–Crippen MR) is 122 cm³/mol. The zero-order valence-electron chi connectivity index (χ0n) is 17.8. The van der Waals surface area contributed by atoms with Crippen LogP contribution in [0.5, 0.6) is 0 Å². The first-order valence-corrected chi connectivity index (χ1v) is 10.7. The van der Waals surface area contributed by atoms with Crippen LogP contribution in [0.3, 0.4) is 0 Å². The second kappa shape index (κ2) is 10.6. The minimum atomic E-state index is -1.11. The molecule has 0 aromatic heterocycles. The van der Waals surface area contributed by atoms with Crippen LogP contribution in [-0.4, -0.2) is 46.7 Å². The van der Waals surface area contributed by atoms with Crippen LogP contribution in [0.2, 0.25) is 0 Å². The predicted octanol–water partition coefficient (Wildman–Crippen LogP) is 3.33. The highest BCUT2D eigenvalue weighted by Gasteiger charge is 2.24. The van der Waals surface area contributed by atoms with Gasteiger partial charge in [-0.1, -0.05) is 25.3 Å². The topological polar surface area (TPSA) is 137 Å². The molecule has 2 aromatic carbocycles. The van der Waals surface area contributed by atoms with E-state index in [4.69, 9.17) is 11.1 Å². The Morgan fingerprint density at radius 1 is 1.00 bits per heavy atom. The summed E-state index contributed by atoms with van der Waals surface area (Å²) in [5.41, 5.74) is 6.82. The van der Waals surface area contributed by atoms with Crippen molar-refractivity contribution in [1.82, 2.24) is 4.90 Å². The molecule has 1 fully saturated rings. The lowest BCUT2D eigenvalue weighted by Gasteiger charge is -2.29. The Bertz CT molecular complexity index is 997. The van der Waals surface area contributed by atoms with E-state index in [1.54, 1.807) is 30.3 Å². The molecule has 0 unspecified atom stereocenters. The number of benzene rings is 2. The lowest BCUT2D eigenvalue weighted by atomic mass is 9.89. The summed E-state index contributed by atoms with van der Waals surface area (Å²) in [5, 5.41) is 19.5. The van der Waals surface area contributed by atoms with Gasteiger partial charge in [0.25, 0.3) is 5.91 Å². The first-order valence-electron chi connectivity index (χ1n) is 10.7. The zero-order chi connectivity index (χ0) is 23.1. The summed E-state index contributed by atoms with van der Waals surface area (Å²) in [7, 11) is 0. The molecule has 3 rings (SSSR count). The highest BCUT2D eigenvalue weighted by Crippen LogP contribution is 2.25. The number of nitrogens with two attached hydrogens (primary N) is 1. The number of anilines is 1. The van der Waals surface area contributed by atoms with E-state index in [1.807, 2.05) is 0 Å². The molecule has 1 aliphatic rings. The van der Waals surface area contributed by atoms with E-state index in [9.17, 15) is 19.5 Å². The number of carbonyl (C=O) groups excluding carboxylic acids is 2. The fourth-order valence-electron chi connectivity index (χ4n) is 3.98. The molecule has 1 saturated carbocycles. The van der Waals surface area contributed by atoms with Crippen LogP contribution >= 0.6 is 0 Å². The molecular weight excluding hydrogens is 408 g/mol. The first-order chi connectivity index (χ1) is 15.3. The number of rotatable bonds is 8. The molecule has 2 amide bonds. The summed E-state index contributed by atoms with van der Waals surface area (Å²) in [5.74, 6) is -1.56. The van der Waals surface area contributed by atoms with Crippen molar-refractivity contribution < 1.29 is 19.5 Å². The van der Waals surface area contributed by atoms with Crippen molar-refractivity contribution in [2.75, 3.05) is 18.4 Å². The molecule has 8 nitrogen and oxygen atoms in total. The molecule has 0 bridgehead atoms. The summed E-state index contributed by atoms with van der Waals surface area (Å²) in [6, 6.07) is 12.5. The smallest absolute Gasteiger partial charge is 0.335 e. The van der Waals surface area contributed by atoms with Gasteiger partial charge in [0, 0.05) is 23.4 Å². The van der Waals surface area contributed by atoms with Gasteiger partial charge in [-0.25, -0.2) is 4.79 Å². The van der Waals surface area contributed by atoms with Gasteiger partial charge in [0.05, 0.1) is 5.56 Å². The van der Waals surface area contributed by atoms with Crippen LogP contribution in [0.4, 0.5) is 5.69 Å². The van der Waals surface area contributed by atoms with Crippen molar-refractivity contribution in [3.63, 3.8) is 0 Å². The highest BCUT2D eigenvalue weighted by atomic mass is 16.4. The van der Waals surface area contributed by atoms with Crippen LogP contribution in [0, 0.1) is 11.3 Å². The van der Waals surface area contributed by atoms with Gasteiger partial charge in [-0.15, -0.1) is 0 Å². The fourth-order valence-corrected chi connectivity index (χ4v) is 3.98. The van der Waals surface area contributed by atoms with Gasteiger partial charge in [-0.3, -0.25) is 15.0 Å². The Morgan fingerprint density at radius 2 is 1.66 bits per heavy atom. The minimum absolute atomic E-state index is 0.0310. The van der Waals surface area contributed by atoms with Crippen LogP contribution in [0.15, 0.2) is 48.5 Å². The SMILES string of the molecule is N=C(N)c1ccc(NC(=O)CN(CC2CCCCC2)C(=O)c2cccc(C(=O)O)c2)cc1. The number of nitrogens with zero attached hydrogens (tertiary/aromatic N) is 1. The largest absolute Gasteiger partial charge is 0.478 e. The van der Waals surface area contributed by atoms with Gasteiger partial charge < -0.3 is 21.1 Å². The summed E-state index contributed by atoms with van der Waals surface area (Å²) in [6.45, 7) is 0.313. The third-order valence-electron chi connectivity index (χ3n) is 5.66. The number of carbonyl (C=O) groups is 3. The normalized spacial score (nSPS) is 13.9. The Morgan fingerprint density at radius 3 is 2.28 bits per heavy atom. The maximum atomic E-state index is 13.2. The van der Waals surface area contributed by atoms with Crippen LogP contribution in [0.1, 0.15) is 58.4 Å². The number of amides is 2. The summed E-state index contributed by atoms with van der Waals surface area (Å²) in [6.07, 6.45) is 5.41. The summed E-state index contributed by atoms with van der Waals surface area (Å²) in [4.78, 5) is 38.8. The zero-order valence-corrected chi connectivity index (χ0v) is 17.8. The Labute approximate surface area is 186 Å². The number of nitrogens with one attached hydrogen (secondary N) is 2. The lowest BCUT2D eigenvalue weighted by molar-refractivity contribution is -0.117. The molecule has 0 saturated heterocycles. The Kier molecular flexibility index (Phi) is 7.59. The summed E-state index contributed by atoms with van der Waals surface area (Å²) < 4.78 is 0. The molecule has 5 N–H and O–H groups in total. The van der Waals surface area contributed by atoms with Gasteiger partial charge in [-0.05, 0) is 61.2 Å². The summed E-state index contributed by atoms with van der Waals surface area (Å²) >= 11 is 0. The number of hydrogen-bond donors (Lipinski definition) is 4. The number of amidine groups is 1. The average Bonchev–Trinajstić information content (AvgIpc) is 2.79.